The topological polar surface area (TPSA) is 92.5 Å². The molecular formula is C18H23N3O4S. The molecule has 140 valence electrons. The van der Waals surface area contributed by atoms with Crippen LogP contribution in [0.4, 0.5) is 0 Å². The first-order valence-electron chi connectivity index (χ1n) is 8.52. The minimum absolute atomic E-state index is 0.0627. The van der Waals surface area contributed by atoms with Crippen molar-refractivity contribution in [2.45, 2.75) is 23.8 Å². The van der Waals surface area contributed by atoms with E-state index in [0.29, 0.717) is 37.3 Å². The number of carbonyl (C=O) groups is 1. The van der Waals surface area contributed by atoms with Crippen LogP contribution in [0.5, 0.6) is 0 Å². The summed E-state index contributed by atoms with van der Waals surface area (Å²) in [6.45, 7) is 1.11. The van der Waals surface area contributed by atoms with E-state index in [4.69, 9.17) is 0 Å². The SMILES string of the molecule is Cn1ccnc1C(O)C1CCN(C(=O)c2ccc(S(C)(=O)=O)cc2)CC1. The Bertz CT molecular complexity index is 881. The number of nitrogens with zero attached hydrogens (tertiary/aromatic N) is 3. The van der Waals surface area contributed by atoms with Gasteiger partial charge in [-0.3, -0.25) is 4.79 Å². The largest absolute Gasteiger partial charge is 0.385 e. The summed E-state index contributed by atoms with van der Waals surface area (Å²) in [6.07, 6.45) is 5.36. The second-order valence-electron chi connectivity index (χ2n) is 6.77. The number of aromatic nitrogens is 2. The average Bonchev–Trinajstić information content (AvgIpc) is 3.06. The van der Waals surface area contributed by atoms with Gasteiger partial charge in [0.05, 0.1) is 4.90 Å². The number of sulfone groups is 1. The third kappa shape index (κ3) is 3.81. The highest BCUT2D eigenvalue weighted by Crippen LogP contribution is 2.30. The molecule has 8 heteroatoms. The van der Waals surface area contributed by atoms with E-state index in [-0.39, 0.29) is 16.7 Å². The fourth-order valence-corrected chi connectivity index (χ4v) is 3.95. The van der Waals surface area contributed by atoms with Crippen molar-refractivity contribution in [3.05, 3.63) is 48.0 Å². The van der Waals surface area contributed by atoms with Crippen LogP contribution in [0, 0.1) is 5.92 Å². The zero-order valence-electron chi connectivity index (χ0n) is 14.9. The fraction of sp³-hybridized carbons (Fsp3) is 0.444. The van der Waals surface area contributed by atoms with Gasteiger partial charge in [0.25, 0.3) is 5.91 Å². The first-order chi connectivity index (χ1) is 12.3. The molecule has 1 aromatic carbocycles. The molecule has 2 heterocycles. The van der Waals surface area contributed by atoms with E-state index in [1.165, 1.54) is 12.1 Å². The number of piperidine rings is 1. The normalized spacial score (nSPS) is 17.3. The molecule has 2 aromatic rings. The Morgan fingerprint density at radius 2 is 1.85 bits per heavy atom. The molecule has 1 fully saturated rings. The molecule has 0 saturated carbocycles. The second-order valence-corrected chi connectivity index (χ2v) is 8.78. The number of imidazole rings is 1. The number of likely N-dealkylation sites (tertiary alicyclic amines) is 1. The minimum Gasteiger partial charge on any atom is -0.385 e. The lowest BCUT2D eigenvalue weighted by molar-refractivity contribution is 0.0420. The molecule has 0 radical (unpaired) electrons. The Morgan fingerprint density at radius 1 is 1.23 bits per heavy atom. The van der Waals surface area contributed by atoms with Gasteiger partial charge < -0.3 is 14.6 Å². The van der Waals surface area contributed by atoms with E-state index in [0.717, 1.165) is 6.26 Å². The van der Waals surface area contributed by atoms with Crippen LogP contribution < -0.4 is 0 Å². The maximum atomic E-state index is 12.6. The number of hydrogen-bond donors (Lipinski definition) is 1. The van der Waals surface area contributed by atoms with Crippen LogP contribution in [-0.4, -0.2) is 53.2 Å². The molecule has 1 unspecified atom stereocenters. The van der Waals surface area contributed by atoms with Gasteiger partial charge in [0.15, 0.2) is 9.84 Å². The van der Waals surface area contributed by atoms with Gasteiger partial charge in [-0.25, -0.2) is 13.4 Å². The van der Waals surface area contributed by atoms with Crippen molar-refractivity contribution in [1.82, 2.24) is 14.5 Å². The molecule has 0 aliphatic carbocycles. The highest BCUT2D eigenvalue weighted by atomic mass is 32.2. The molecule has 0 spiro atoms. The quantitative estimate of drug-likeness (QED) is 0.870. The van der Waals surface area contributed by atoms with Crippen LogP contribution in [0.1, 0.15) is 35.1 Å². The molecule has 1 atom stereocenters. The molecule has 26 heavy (non-hydrogen) atoms. The van der Waals surface area contributed by atoms with Gasteiger partial charge in [-0.15, -0.1) is 0 Å². The van der Waals surface area contributed by atoms with Crippen molar-refractivity contribution >= 4 is 15.7 Å². The summed E-state index contributed by atoms with van der Waals surface area (Å²) in [5.41, 5.74) is 0.473. The predicted molar refractivity (Wildman–Crippen MR) is 96.3 cm³/mol. The van der Waals surface area contributed by atoms with E-state index < -0.39 is 15.9 Å². The highest BCUT2D eigenvalue weighted by molar-refractivity contribution is 7.90. The number of hydrogen-bond acceptors (Lipinski definition) is 5. The fourth-order valence-electron chi connectivity index (χ4n) is 3.32. The summed E-state index contributed by atoms with van der Waals surface area (Å²) in [4.78, 5) is 18.8. The van der Waals surface area contributed by atoms with Crippen molar-refractivity contribution in [3.63, 3.8) is 0 Å². The number of carbonyl (C=O) groups excluding carboxylic acids is 1. The van der Waals surface area contributed by atoms with Crippen LogP contribution in [0.15, 0.2) is 41.6 Å². The number of rotatable bonds is 4. The second kappa shape index (κ2) is 7.20. The number of benzene rings is 1. The third-order valence-corrected chi connectivity index (χ3v) is 6.05. The van der Waals surface area contributed by atoms with Gasteiger partial charge in [0.1, 0.15) is 11.9 Å². The van der Waals surface area contributed by atoms with Crippen LogP contribution in [0.2, 0.25) is 0 Å². The van der Waals surface area contributed by atoms with E-state index in [1.807, 2.05) is 11.6 Å². The Labute approximate surface area is 153 Å². The first-order valence-corrected chi connectivity index (χ1v) is 10.4. The summed E-state index contributed by atoms with van der Waals surface area (Å²) in [5.74, 6) is 0.592. The van der Waals surface area contributed by atoms with Gasteiger partial charge in [0, 0.05) is 44.4 Å². The molecule has 3 rings (SSSR count). The lowest BCUT2D eigenvalue weighted by Gasteiger charge is -2.34. The van der Waals surface area contributed by atoms with Gasteiger partial charge in [-0.05, 0) is 43.0 Å². The Morgan fingerprint density at radius 3 is 2.35 bits per heavy atom. The van der Waals surface area contributed by atoms with Gasteiger partial charge in [-0.1, -0.05) is 0 Å². The van der Waals surface area contributed by atoms with Crippen LogP contribution in [-0.2, 0) is 16.9 Å². The summed E-state index contributed by atoms with van der Waals surface area (Å²) in [6, 6.07) is 6.02. The van der Waals surface area contributed by atoms with Crippen molar-refractivity contribution in [3.8, 4) is 0 Å². The van der Waals surface area contributed by atoms with Crippen LogP contribution in [0.3, 0.4) is 0 Å². The maximum Gasteiger partial charge on any atom is 0.253 e. The zero-order valence-corrected chi connectivity index (χ0v) is 15.7. The predicted octanol–water partition coefficient (Wildman–Crippen LogP) is 1.41. The third-order valence-electron chi connectivity index (χ3n) is 4.93. The molecule has 0 bridgehead atoms. The van der Waals surface area contributed by atoms with Crippen molar-refractivity contribution in [2.75, 3.05) is 19.3 Å². The molecule has 1 aliphatic heterocycles. The maximum absolute atomic E-state index is 12.6. The molecule has 1 saturated heterocycles. The standard InChI is InChI=1S/C18H23N3O4S/c1-20-12-9-19-17(20)16(22)13-7-10-21(11-8-13)18(23)14-3-5-15(6-4-14)26(2,24)25/h3-6,9,12-13,16,22H,7-8,10-11H2,1-2H3. The Hall–Kier alpha value is -2.19. The number of amides is 1. The zero-order chi connectivity index (χ0) is 18.9. The van der Waals surface area contributed by atoms with Crippen molar-refractivity contribution in [1.29, 1.82) is 0 Å². The van der Waals surface area contributed by atoms with Gasteiger partial charge in [0.2, 0.25) is 0 Å². The van der Waals surface area contributed by atoms with E-state index >= 15 is 0 Å². The summed E-state index contributed by atoms with van der Waals surface area (Å²) >= 11 is 0. The summed E-state index contributed by atoms with van der Waals surface area (Å²) < 4.78 is 24.8. The van der Waals surface area contributed by atoms with Crippen molar-refractivity contribution in [2.24, 2.45) is 13.0 Å². The monoisotopic (exact) mass is 377 g/mol. The molecule has 1 aromatic heterocycles. The Kier molecular flexibility index (Phi) is 5.15. The van der Waals surface area contributed by atoms with E-state index in [9.17, 15) is 18.3 Å². The molecule has 1 N–H and O–H groups in total. The average molecular weight is 377 g/mol. The smallest absolute Gasteiger partial charge is 0.253 e. The highest BCUT2D eigenvalue weighted by Gasteiger charge is 2.30. The molecule has 1 aliphatic rings. The van der Waals surface area contributed by atoms with E-state index in [2.05, 4.69) is 4.98 Å². The molecule has 1 amide bonds. The molecular weight excluding hydrogens is 354 g/mol. The Balaban J connectivity index is 1.62. The number of aliphatic hydroxyl groups is 1. The summed E-state index contributed by atoms with van der Waals surface area (Å²) in [5, 5.41) is 10.5. The van der Waals surface area contributed by atoms with Crippen LogP contribution in [0.25, 0.3) is 0 Å². The van der Waals surface area contributed by atoms with Crippen LogP contribution >= 0.6 is 0 Å². The lowest BCUT2D eigenvalue weighted by Crippen LogP contribution is -2.40. The minimum atomic E-state index is -3.27. The first kappa shape index (κ1) is 18.6. The van der Waals surface area contributed by atoms with Crippen molar-refractivity contribution < 1.29 is 18.3 Å². The van der Waals surface area contributed by atoms with Gasteiger partial charge >= 0.3 is 0 Å². The number of aliphatic hydroxyl groups excluding tert-OH is 1. The lowest BCUT2D eigenvalue weighted by atomic mass is 9.90. The van der Waals surface area contributed by atoms with Gasteiger partial charge in [-0.2, -0.15) is 0 Å². The number of aryl methyl sites for hydroxylation is 1. The summed E-state index contributed by atoms with van der Waals surface area (Å²) in [7, 11) is -1.42. The van der Waals surface area contributed by atoms with E-state index in [1.54, 1.807) is 29.4 Å². The molecule has 7 nitrogen and oxygen atoms in total.